The summed E-state index contributed by atoms with van der Waals surface area (Å²) in [5.74, 6) is 1.15. The molecule has 2 heterocycles. The number of urea groups is 1. The largest absolute Gasteiger partial charge is 0.463 e. The van der Waals surface area contributed by atoms with Crippen LogP contribution >= 0.6 is 23.5 Å². The fraction of sp³-hybridized carbons (Fsp3) is 0.615. The second-order valence-electron chi connectivity index (χ2n) is 4.46. The van der Waals surface area contributed by atoms with Crippen LogP contribution in [0.2, 0.25) is 0 Å². The topological polar surface area (TPSA) is 79.8 Å². The Bertz CT molecular complexity index is 491. The minimum absolute atomic E-state index is 0.272. The first kappa shape index (κ1) is 16.2. The molecular formula is C13H19N3O3S2. The average Bonchev–Trinajstić information content (AvgIpc) is 2.97. The van der Waals surface area contributed by atoms with Gasteiger partial charge in [-0.05, 0) is 13.3 Å². The lowest BCUT2D eigenvalue weighted by Gasteiger charge is -2.28. The Morgan fingerprint density at radius 2 is 2.33 bits per heavy atom. The van der Waals surface area contributed by atoms with Gasteiger partial charge in [0.05, 0.1) is 24.8 Å². The summed E-state index contributed by atoms with van der Waals surface area (Å²) in [7, 11) is 0. The van der Waals surface area contributed by atoms with Crippen molar-refractivity contribution in [2.45, 2.75) is 26.3 Å². The molecule has 2 aliphatic heterocycles. The number of esters is 1. The molecule has 0 spiro atoms. The molecule has 0 bridgehead atoms. The number of aliphatic imine (C=N–C) groups is 1. The maximum Gasteiger partial charge on any atom is 0.337 e. The third kappa shape index (κ3) is 4.16. The molecule has 0 saturated carbocycles. The molecule has 2 rings (SSSR count). The van der Waals surface area contributed by atoms with E-state index in [1.807, 2.05) is 6.92 Å². The molecule has 2 N–H and O–H groups in total. The molecule has 116 valence electrons. The lowest BCUT2D eigenvalue weighted by Crippen LogP contribution is -2.50. The Morgan fingerprint density at radius 3 is 2.95 bits per heavy atom. The van der Waals surface area contributed by atoms with Crippen molar-refractivity contribution in [3.05, 3.63) is 11.3 Å². The minimum atomic E-state index is -0.367. The number of carbonyl (C=O) groups is 2. The summed E-state index contributed by atoms with van der Waals surface area (Å²) in [4.78, 5) is 28.2. The third-order valence-electron chi connectivity index (χ3n) is 3.04. The number of ether oxygens (including phenoxy) is 1. The molecular weight excluding hydrogens is 310 g/mol. The van der Waals surface area contributed by atoms with Crippen molar-refractivity contribution in [1.82, 2.24) is 10.6 Å². The highest BCUT2D eigenvalue weighted by atomic mass is 32.2. The van der Waals surface area contributed by atoms with E-state index in [9.17, 15) is 9.59 Å². The number of amides is 2. The maximum absolute atomic E-state index is 12.2. The molecule has 2 amide bonds. The highest BCUT2D eigenvalue weighted by molar-refractivity contribution is 8.39. The number of hydrogen-bond acceptors (Lipinski definition) is 6. The van der Waals surface area contributed by atoms with E-state index < -0.39 is 0 Å². The molecule has 0 aromatic heterocycles. The van der Waals surface area contributed by atoms with Gasteiger partial charge in [-0.1, -0.05) is 30.4 Å². The summed E-state index contributed by atoms with van der Waals surface area (Å²) in [6, 6.07) is -0.571. The molecule has 8 heteroatoms. The maximum atomic E-state index is 12.2. The van der Waals surface area contributed by atoms with Gasteiger partial charge >= 0.3 is 12.0 Å². The summed E-state index contributed by atoms with van der Waals surface area (Å²) in [5.41, 5.74) is 1.15. The molecule has 6 nitrogen and oxygen atoms in total. The van der Waals surface area contributed by atoms with Crippen LogP contribution < -0.4 is 10.6 Å². The van der Waals surface area contributed by atoms with Crippen LogP contribution in [-0.2, 0) is 9.53 Å². The number of nitrogens with zero attached hydrogens (tertiary/aromatic N) is 1. The molecule has 0 saturated heterocycles. The van der Waals surface area contributed by atoms with Gasteiger partial charge in [0.25, 0.3) is 0 Å². The highest BCUT2D eigenvalue weighted by Gasteiger charge is 2.31. The molecule has 0 unspecified atom stereocenters. The summed E-state index contributed by atoms with van der Waals surface area (Å²) in [6.07, 6.45) is 0.644. The zero-order valence-corrected chi connectivity index (χ0v) is 13.7. The van der Waals surface area contributed by atoms with Gasteiger partial charge in [0.2, 0.25) is 0 Å². The van der Waals surface area contributed by atoms with Gasteiger partial charge in [-0.25, -0.2) is 9.59 Å². The lowest BCUT2D eigenvalue weighted by atomic mass is 10.0. The van der Waals surface area contributed by atoms with Crippen molar-refractivity contribution in [2.24, 2.45) is 4.99 Å². The molecule has 0 aromatic rings. The van der Waals surface area contributed by atoms with Crippen LogP contribution in [0, 0.1) is 0 Å². The van der Waals surface area contributed by atoms with Crippen molar-refractivity contribution in [2.75, 3.05) is 24.7 Å². The standard InChI is InChI=1S/C13H19N3O3S2/c1-3-8-10(11(17)19-4-2)9(16-12(18)15-8)7-21-13-14-5-6-20-13/h8H,3-7H2,1-2H3,(H2,15,16,18)/t8-/m0/s1. The normalized spacial score (nSPS) is 21.7. The van der Waals surface area contributed by atoms with E-state index in [0.717, 1.165) is 16.7 Å². The zero-order chi connectivity index (χ0) is 15.2. The van der Waals surface area contributed by atoms with Crippen LogP contribution in [0.3, 0.4) is 0 Å². The number of thioether (sulfide) groups is 2. The highest BCUT2D eigenvalue weighted by Crippen LogP contribution is 2.26. The van der Waals surface area contributed by atoms with Gasteiger partial charge in [-0.2, -0.15) is 0 Å². The molecule has 0 fully saturated rings. The quantitative estimate of drug-likeness (QED) is 0.751. The van der Waals surface area contributed by atoms with E-state index in [1.165, 1.54) is 0 Å². The number of nitrogens with one attached hydrogen (secondary N) is 2. The number of hydrogen-bond donors (Lipinski definition) is 2. The van der Waals surface area contributed by atoms with E-state index in [4.69, 9.17) is 4.74 Å². The molecule has 1 atom stereocenters. The van der Waals surface area contributed by atoms with Crippen LogP contribution in [0.5, 0.6) is 0 Å². The predicted octanol–water partition coefficient (Wildman–Crippen LogP) is 1.73. The predicted molar refractivity (Wildman–Crippen MR) is 86.6 cm³/mol. The Morgan fingerprint density at radius 1 is 1.52 bits per heavy atom. The number of carbonyl (C=O) groups excluding carboxylic acids is 2. The smallest absolute Gasteiger partial charge is 0.337 e. The van der Waals surface area contributed by atoms with E-state index in [0.29, 0.717) is 30.1 Å². The Kier molecular flexibility index (Phi) is 5.98. The molecule has 21 heavy (non-hydrogen) atoms. The van der Waals surface area contributed by atoms with Crippen LogP contribution in [0.4, 0.5) is 4.79 Å². The first-order chi connectivity index (χ1) is 10.2. The van der Waals surface area contributed by atoms with Gasteiger partial charge in [0.15, 0.2) is 0 Å². The summed E-state index contributed by atoms with van der Waals surface area (Å²) < 4.78 is 6.12. The van der Waals surface area contributed by atoms with Gasteiger partial charge in [0.1, 0.15) is 4.38 Å². The molecule has 0 aromatic carbocycles. The molecule has 0 radical (unpaired) electrons. The summed E-state index contributed by atoms with van der Waals surface area (Å²) in [6.45, 7) is 4.85. The van der Waals surface area contributed by atoms with Gasteiger partial charge in [0, 0.05) is 17.2 Å². The van der Waals surface area contributed by atoms with Crippen LogP contribution in [0.1, 0.15) is 20.3 Å². The zero-order valence-electron chi connectivity index (χ0n) is 12.1. The van der Waals surface area contributed by atoms with Crippen molar-refractivity contribution in [3.8, 4) is 0 Å². The lowest BCUT2D eigenvalue weighted by molar-refractivity contribution is -0.139. The van der Waals surface area contributed by atoms with Crippen molar-refractivity contribution in [3.63, 3.8) is 0 Å². The van der Waals surface area contributed by atoms with Crippen LogP contribution in [0.25, 0.3) is 0 Å². The monoisotopic (exact) mass is 329 g/mol. The van der Waals surface area contributed by atoms with E-state index in [2.05, 4.69) is 15.6 Å². The van der Waals surface area contributed by atoms with Crippen molar-refractivity contribution >= 4 is 39.9 Å². The van der Waals surface area contributed by atoms with E-state index in [-0.39, 0.29) is 18.0 Å². The second-order valence-corrected chi connectivity index (χ2v) is 6.76. The van der Waals surface area contributed by atoms with E-state index >= 15 is 0 Å². The molecule has 2 aliphatic rings. The Labute approximate surface area is 132 Å². The Balaban J connectivity index is 2.18. The van der Waals surface area contributed by atoms with E-state index in [1.54, 1.807) is 30.4 Å². The Hall–Kier alpha value is -1.15. The third-order valence-corrected chi connectivity index (χ3v) is 5.32. The fourth-order valence-electron chi connectivity index (χ4n) is 2.11. The van der Waals surface area contributed by atoms with Crippen LogP contribution in [-0.4, -0.2) is 47.1 Å². The number of rotatable bonds is 5. The van der Waals surface area contributed by atoms with Gasteiger partial charge in [-0.3, -0.25) is 4.99 Å². The van der Waals surface area contributed by atoms with Gasteiger partial charge in [-0.15, -0.1) is 0 Å². The SMILES string of the molecule is CCOC(=O)C1=C(CSC2=NCCS2)NC(=O)N[C@H]1CC. The van der Waals surface area contributed by atoms with Crippen molar-refractivity contribution in [1.29, 1.82) is 0 Å². The fourth-order valence-corrected chi connectivity index (χ4v) is 4.09. The summed E-state index contributed by atoms with van der Waals surface area (Å²) >= 11 is 3.25. The molecule has 0 aliphatic carbocycles. The first-order valence-corrected chi connectivity index (χ1v) is 8.90. The minimum Gasteiger partial charge on any atom is -0.463 e. The summed E-state index contributed by atoms with van der Waals surface area (Å²) in [5, 5.41) is 5.50. The second kappa shape index (κ2) is 7.74. The van der Waals surface area contributed by atoms with Gasteiger partial charge < -0.3 is 15.4 Å². The average molecular weight is 329 g/mol. The first-order valence-electron chi connectivity index (χ1n) is 6.93. The van der Waals surface area contributed by atoms with Crippen LogP contribution in [0.15, 0.2) is 16.3 Å². The van der Waals surface area contributed by atoms with Crippen molar-refractivity contribution < 1.29 is 14.3 Å².